The standard InChI is InChI=1S/C22H25F5N8O3/c1-12-17(33-38-32-12)18(36)31-14(4-5-20(2,3)22(25,26)27)15-9-35-16(30-15)6-13(7-29-35)8-34-11-21(23,24)10-28-19(34)37/h6-7,9,14H,4-5,8,10-11H2,1-3H3,(H,28,37)(H,31,36). The molecule has 11 nitrogen and oxygen atoms in total. The fraction of sp³-hybridized carbons (Fsp3) is 0.545. The van der Waals surface area contributed by atoms with Gasteiger partial charge in [0.1, 0.15) is 5.69 Å². The van der Waals surface area contributed by atoms with Gasteiger partial charge >= 0.3 is 12.2 Å². The molecule has 16 heteroatoms. The van der Waals surface area contributed by atoms with Crippen LogP contribution in [0.5, 0.6) is 0 Å². The van der Waals surface area contributed by atoms with Crippen molar-refractivity contribution in [2.45, 2.75) is 58.3 Å². The average Bonchev–Trinajstić information content (AvgIpc) is 3.43. The number of nitrogens with one attached hydrogen (secondary N) is 2. The number of aryl methyl sites for hydroxylation is 1. The second kappa shape index (κ2) is 9.79. The van der Waals surface area contributed by atoms with Gasteiger partial charge in [-0.1, -0.05) is 19.0 Å². The van der Waals surface area contributed by atoms with E-state index in [1.165, 1.54) is 29.9 Å². The maximum atomic E-state index is 13.7. The van der Waals surface area contributed by atoms with E-state index in [0.717, 1.165) is 18.7 Å². The smallest absolute Gasteiger partial charge is 0.342 e. The third kappa shape index (κ3) is 5.83. The molecule has 1 atom stereocenters. The zero-order chi connectivity index (χ0) is 27.9. The molecule has 3 aromatic rings. The lowest BCUT2D eigenvalue weighted by Gasteiger charge is -2.32. The molecule has 1 saturated heterocycles. The van der Waals surface area contributed by atoms with Crippen LogP contribution in [0.3, 0.4) is 0 Å². The Morgan fingerprint density at radius 3 is 2.68 bits per heavy atom. The van der Waals surface area contributed by atoms with E-state index in [9.17, 15) is 31.5 Å². The number of fused-ring (bicyclic) bond motifs is 1. The van der Waals surface area contributed by atoms with Gasteiger partial charge in [-0.15, -0.1) is 0 Å². The van der Waals surface area contributed by atoms with Gasteiger partial charge in [0.05, 0.1) is 42.6 Å². The van der Waals surface area contributed by atoms with Gasteiger partial charge in [-0.05, 0) is 36.6 Å². The van der Waals surface area contributed by atoms with Crippen molar-refractivity contribution in [2.24, 2.45) is 5.41 Å². The van der Waals surface area contributed by atoms with E-state index in [1.54, 1.807) is 0 Å². The quantitative estimate of drug-likeness (QED) is 0.416. The van der Waals surface area contributed by atoms with Gasteiger partial charge in [-0.2, -0.15) is 18.3 Å². The Labute approximate surface area is 212 Å². The molecule has 0 spiro atoms. The van der Waals surface area contributed by atoms with Crippen LogP contribution in [0.4, 0.5) is 26.7 Å². The summed E-state index contributed by atoms with van der Waals surface area (Å²) in [5.41, 5.74) is -1.09. The van der Waals surface area contributed by atoms with E-state index in [2.05, 4.69) is 35.7 Å². The molecule has 3 amide bonds. The lowest BCUT2D eigenvalue weighted by atomic mass is 9.85. The van der Waals surface area contributed by atoms with E-state index in [4.69, 9.17) is 0 Å². The number of hydrogen-bond donors (Lipinski definition) is 2. The summed E-state index contributed by atoms with van der Waals surface area (Å²) in [6.07, 6.45) is -2.12. The first-order chi connectivity index (χ1) is 17.6. The molecule has 206 valence electrons. The van der Waals surface area contributed by atoms with Crippen LogP contribution in [-0.4, -0.2) is 66.9 Å². The number of alkyl halides is 5. The third-order valence-electron chi connectivity index (χ3n) is 6.33. The fourth-order valence-corrected chi connectivity index (χ4v) is 3.87. The van der Waals surface area contributed by atoms with Crippen molar-refractivity contribution in [1.82, 2.24) is 40.4 Å². The molecule has 1 aliphatic rings. The van der Waals surface area contributed by atoms with Crippen molar-refractivity contribution in [1.29, 1.82) is 0 Å². The summed E-state index contributed by atoms with van der Waals surface area (Å²) in [5.74, 6) is -3.79. The van der Waals surface area contributed by atoms with Crippen molar-refractivity contribution in [3.8, 4) is 0 Å². The molecule has 1 fully saturated rings. The lowest BCUT2D eigenvalue weighted by Crippen LogP contribution is -2.56. The number of aromatic nitrogens is 5. The Morgan fingerprint density at radius 1 is 1.29 bits per heavy atom. The first kappa shape index (κ1) is 27.2. The van der Waals surface area contributed by atoms with Crippen molar-refractivity contribution in [3.63, 3.8) is 0 Å². The SMILES string of the molecule is Cc1nonc1C(=O)NC(CCC(C)(C)C(F)(F)F)c1cn2ncc(CN3CC(F)(F)CNC3=O)cc2n1. The fourth-order valence-electron chi connectivity index (χ4n) is 3.87. The molecule has 4 rings (SSSR count). The molecule has 4 heterocycles. The minimum absolute atomic E-state index is 0.120. The zero-order valence-corrected chi connectivity index (χ0v) is 20.6. The van der Waals surface area contributed by atoms with Gasteiger partial charge in [-0.25, -0.2) is 27.7 Å². The van der Waals surface area contributed by atoms with E-state index in [0.29, 0.717) is 5.56 Å². The van der Waals surface area contributed by atoms with Crippen LogP contribution in [0.25, 0.3) is 5.65 Å². The highest BCUT2D eigenvalue weighted by Gasteiger charge is 2.47. The van der Waals surface area contributed by atoms with Crippen molar-refractivity contribution >= 4 is 17.6 Å². The lowest BCUT2D eigenvalue weighted by molar-refractivity contribution is -0.214. The topological polar surface area (TPSA) is 131 Å². The average molecular weight is 544 g/mol. The predicted molar refractivity (Wildman–Crippen MR) is 120 cm³/mol. The van der Waals surface area contributed by atoms with E-state index in [1.807, 2.05) is 0 Å². The number of rotatable bonds is 8. The number of hydrogen-bond acceptors (Lipinski definition) is 7. The summed E-state index contributed by atoms with van der Waals surface area (Å²) in [6.45, 7) is 1.95. The van der Waals surface area contributed by atoms with Crippen LogP contribution < -0.4 is 10.6 Å². The van der Waals surface area contributed by atoms with Crippen LogP contribution in [0.15, 0.2) is 23.1 Å². The van der Waals surface area contributed by atoms with E-state index >= 15 is 0 Å². The molecule has 0 radical (unpaired) electrons. The largest absolute Gasteiger partial charge is 0.393 e. The van der Waals surface area contributed by atoms with Gasteiger partial charge < -0.3 is 15.5 Å². The Balaban J connectivity index is 1.59. The number of imidazole rings is 1. The Morgan fingerprint density at radius 2 is 2.03 bits per heavy atom. The Kier molecular flexibility index (Phi) is 7.01. The number of amides is 3. The monoisotopic (exact) mass is 544 g/mol. The first-order valence-corrected chi connectivity index (χ1v) is 11.6. The Hall–Kier alpha value is -3.85. The normalized spacial score (nSPS) is 16.9. The molecule has 38 heavy (non-hydrogen) atoms. The van der Waals surface area contributed by atoms with Crippen LogP contribution in [0.1, 0.15) is 60.2 Å². The molecule has 0 bridgehead atoms. The second-order valence-electron chi connectivity index (χ2n) is 9.85. The zero-order valence-electron chi connectivity index (χ0n) is 20.6. The molecule has 3 aromatic heterocycles. The van der Waals surface area contributed by atoms with Gasteiger partial charge in [0.25, 0.3) is 11.8 Å². The second-order valence-corrected chi connectivity index (χ2v) is 9.85. The van der Waals surface area contributed by atoms with Gasteiger partial charge in [0.15, 0.2) is 11.3 Å². The summed E-state index contributed by atoms with van der Waals surface area (Å²) >= 11 is 0. The number of urea groups is 1. The molecular weight excluding hydrogens is 519 g/mol. The molecule has 0 aliphatic carbocycles. The summed E-state index contributed by atoms with van der Waals surface area (Å²) in [4.78, 5) is 30.1. The van der Waals surface area contributed by atoms with Crippen molar-refractivity contribution in [3.05, 3.63) is 41.1 Å². The highest BCUT2D eigenvalue weighted by molar-refractivity contribution is 5.93. The number of carbonyl (C=O) groups is 2. The number of carbonyl (C=O) groups excluding carboxylic acids is 2. The highest BCUT2D eigenvalue weighted by Crippen LogP contribution is 2.42. The van der Waals surface area contributed by atoms with Crippen LogP contribution in [0, 0.1) is 12.3 Å². The minimum atomic E-state index is -4.47. The molecule has 0 saturated carbocycles. The molecule has 0 aromatic carbocycles. The van der Waals surface area contributed by atoms with Gasteiger partial charge in [-0.3, -0.25) is 4.79 Å². The van der Waals surface area contributed by atoms with Gasteiger partial charge in [0, 0.05) is 6.54 Å². The number of halogens is 5. The van der Waals surface area contributed by atoms with Crippen LogP contribution in [-0.2, 0) is 6.54 Å². The summed E-state index contributed by atoms with van der Waals surface area (Å²) in [6, 6.07) is -0.0923. The van der Waals surface area contributed by atoms with Crippen LogP contribution in [0.2, 0.25) is 0 Å². The molecular formula is C22H25F5N8O3. The summed E-state index contributed by atoms with van der Waals surface area (Å²) in [5, 5.41) is 16.0. The van der Waals surface area contributed by atoms with E-state index < -0.39 is 48.6 Å². The predicted octanol–water partition coefficient (Wildman–Crippen LogP) is 3.42. The third-order valence-corrected chi connectivity index (χ3v) is 6.33. The van der Waals surface area contributed by atoms with E-state index in [-0.39, 0.29) is 42.1 Å². The highest BCUT2D eigenvalue weighted by atomic mass is 19.4. The first-order valence-electron chi connectivity index (χ1n) is 11.6. The van der Waals surface area contributed by atoms with Crippen LogP contribution >= 0.6 is 0 Å². The minimum Gasteiger partial charge on any atom is -0.342 e. The number of nitrogens with zero attached hydrogens (tertiary/aromatic N) is 6. The maximum Gasteiger partial charge on any atom is 0.393 e. The van der Waals surface area contributed by atoms with Gasteiger partial charge in [0.2, 0.25) is 0 Å². The van der Waals surface area contributed by atoms with Crippen molar-refractivity contribution in [2.75, 3.05) is 13.1 Å². The summed E-state index contributed by atoms with van der Waals surface area (Å²) in [7, 11) is 0. The maximum absolute atomic E-state index is 13.7. The Bertz CT molecular complexity index is 1340. The summed E-state index contributed by atoms with van der Waals surface area (Å²) < 4.78 is 73.8. The molecule has 1 unspecified atom stereocenters. The molecule has 2 N–H and O–H groups in total. The van der Waals surface area contributed by atoms with Crippen molar-refractivity contribution < 1.29 is 36.2 Å². The molecule has 1 aliphatic heterocycles.